The standard InChI is InChI=1S/C20H24N2O4/c1-14-4-6-15(7-5-14)22-11-10-21(13-17(22)23)19(25)16-12-18(24)26-20(16)8-2-3-9-20/h4-7,16H,2-3,8-13H2,1H3/t16-/m0/s1. The summed E-state index contributed by atoms with van der Waals surface area (Å²) in [6.45, 7) is 3.03. The lowest BCUT2D eigenvalue weighted by Crippen LogP contribution is -2.55. The first-order chi connectivity index (χ1) is 12.5. The third kappa shape index (κ3) is 2.87. The van der Waals surface area contributed by atoms with Crippen LogP contribution in [0.3, 0.4) is 0 Å². The van der Waals surface area contributed by atoms with E-state index in [0.717, 1.165) is 36.9 Å². The highest BCUT2D eigenvalue weighted by molar-refractivity contribution is 5.99. The SMILES string of the molecule is Cc1ccc(N2CCN(C(=O)[C@@H]3CC(=O)OC34CCCC4)CC2=O)cc1. The molecule has 4 rings (SSSR count). The van der Waals surface area contributed by atoms with Gasteiger partial charge in [0.05, 0.1) is 12.3 Å². The van der Waals surface area contributed by atoms with Gasteiger partial charge in [0, 0.05) is 18.8 Å². The molecule has 2 aliphatic heterocycles. The van der Waals surface area contributed by atoms with Crippen molar-refractivity contribution in [1.82, 2.24) is 4.90 Å². The molecule has 0 aromatic heterocycles. The van der Waals surface area contributed by atoms with Crippen LogP contribution in [-0.2, 0) is 19.1 Å². The number of carbonyl (C=O) groups excluding carboxylic acids is 3. The molecule has 2 heterocycles. The molecule has 6 nitrogen and oxygen atoms in total. The minimum absolute atomic E-state index is 0.0630. The monoisotopic (exact) mass is 356 g/mol. The second-order valence-electron chi connectivity index (χ2n) is 7.64. The molecule has 26 heavy (non-hydrogen) atoms. The van der Waals surface area contributed by atoms with E-state index < -0.39 is 11.5 Å². The molecule has 2 saturated heterocycles. The number of aryl methyl sites for hydroxylation is 1. The summed E-state index contributed by atoms with van der Waals surface area (Å²) in [5.41, 5.74) is 1.38. The van der Waals surface area contributed by atoms with Crippen molar-refractivity contribution in [3.63, 3.8) is 0 Å². The number of rotatable bonds is 2. The zero-order valence-corrected chi connectivity index (χ0v) is 15.1. The zero-order valence-electron chi connectivity index (χ0n) is 15.1. The third-order valence-corrected chi connectivity index (χ3v) is 5.95. The Kier molecular flexibility index (Phi) is 4.21. The molecule has 0 unspecified atom stereocenters. The molecule has 3 fully saturated rings. The Hall–Kier alpha value is -2.37. The van der Waals surface area contributed by atoms with Crippen LogP contribution in [0.15, 0.2) is 24.3 Å². The number of anilines is 1. The highest BCUT2D eigenvalue weighted by Gasteiger charge is 2.55. The molecule has 1 atom stereocenters. The van der Waals surface area contributed by atoms with Crippen molar-refractivity contribution in [2.24, 2.45) is 5.92 Å². The van der Waals surface area contributed by atoms with Crippen LogP contribution in [0, 0.1) is 12.8 Å². The molecule has 0 radical (unpaired) electrons. The van der Waals surface area contributed by atoms with Gasteiger partial charge in [-0.25, -0.2) is 0 Å². The van der Waals surface area contributed by atoms with Gasteiger partial charge in [-0.2, -0.15) is 0 Å². The summed E-state index contributed by atoms with van der Waals surface area (Å²) in [5, 5.41) is 0. The maximum atomic E-state index is 13.1. The molecule has 3 aliphatic rings. The van der Waals surface area contributed by atoms with Gasteiger partial charge in [-0.05, 0) is 44.7 Å². The van der Waals surface area contributed by atoms with Crippen LogP contribution in [0.25, 0.3) is 0 Å². The van der Waals surface area contributed by atoms with Crippen molar-refractivity contribution in [1.29, 1.82) is 0 Å². The number of ether oxygens (including phenoxy) is 1. The minimum Gasteiger partial charge on any atom is -0.458 e. The summed E-state index contributed by atoms with van der Waals surface area (Å²) in [6.07, 6.45) is 3.62. The van der Waals surface area contributed by atoms with E-state index in [0.29, 0.717) is 13.1 Å². The van der Waals surface area contributed by atoms with Crippen molar-refractivity contribution in [3.05, 3.63) is 29.8 Å². The maximum Gasteiger partial charge on any atom is 0.307 e. The quantitative estimate of drug-likeness (QED) is 0.761. The number of carbonyl (C=O) groups is 3. The Labute approximate surface area is 153 Å². The Morgan fingerprint density at radius 2 is 1.81 bits per heavy atom. The molecular formula is C20H24N2O4. The molecule has 1 saturated carbocycles. The second-order valence-corrected chi connectivity index (χ2v) is 7.64. The average Bonchev–Trinajstić information content (AvgIpc) is 3.22. The van der Waals surface area contributed by atoms with Crippen molar-refractivity contribution >= 4 is 23.5 Å². The van der Waals surface area contributed by atoms with Gasteiger partial charge < -0.3 is 14.5 Å². The number of amides is 2. The van der Waals surface area contributed by atoms with Gasteiger partial charge >= 0.3 is 5.97 Å². The van der Waals surface area contributed by atoms with Gasteiger partial charge in [0.25, 0.3) is 0 Å². The van der Waals surface area contributed by atoms with Crippen molar-refractivity contribution in [2.75, 3.05) is 24.5 Å². The number of esters is 1. The first-order valence-corrected chi connectivity index (χ1v) is 9.36. The fraction of sp³-hybridized carbons (Fsp3) is 0.550. The largest absolute Gasteiger partial charge is 0.458 e. The lowest BCUT2D eigenvalue weighted by Gasteiger charge is -2.37. The fourth-order valence-electron chi connectivity index (χ4n) is 4.51. The Balaban J connectivity index is 1.46. The molecule has 1 aliphatic carbocycles. The number of hydrogen-bond donors (Lipinski definition) is 0. The topological polar surface area (TPSA) is 66.9 Å². The molecule has 2 amide bonds. The van der Waals surface area contributed by atoms with Gasteiger partial charge in [-0.3, -0.25) is 14.4 Å². The Bertz CT molecular complexity index is 737. The van der Waals surface area contributed by atoms with Crippen LogP contribution in [0.1, 0.15) is 37.7 Å². The van der Waals surface area contributed by atoms with Gasteiger partial charge in [0.15, 0.2) is 0 Å². The van der Waals surface area contributed by atoms with E-state index in [1.807, 2.05) is 31.2 Å². The van der Waals surface area contributed by atoms with E-state index in [2.05, 4.69) is 0 Å². The van der Waals surface area contributed by atoms with E-state index >= 15 is 0 Å². The normalized spacial score (nSPS) is 25.0. The number of nitrogens with zero attached hydrogens (tertiary/aromatic N) is 2. The first kappa shape index (κ1) is 17.1. The van der Waals surface area contributed by atoms with Gasteiger partial charge in [0.1, 0.15) is 12.1 Å². The molecule has 6 heteroatoms. The van der Waals surface area contributed by atoms with Gasteiger partial charge in [-0.15, -0.1) is 0 Å². The maximum absolute atomic E-state index is 13.1. The van der Waals surface area contributed by atoms with E-state index in [4.69, 9.17) is 4.74 Å². The summed E-state index contributed by atoms with van der Waals surface area (Å²) in [7, 11) is 0. The van der Waals surface area contributed by atoms with Gasteiger partial charge in [0.2, 0.25) is 11.8 Å². The fourth-order valence-corrected chi connectivity index (χ4v) is 4.51. The van der Waals surface area contributed by atoms with Crippen molar-refractivity contribution in [3.8, 4) is 0 Å². The summed E-state index contributed by atoms with van der Waals surface area (Å²) in [6, 6.07) is 7.82. The molecule has 1 aromatic rings. The number of benzene rings is 1. The number of hydrogen-bond acceptors (Lipinski definition) is 4. The van der Waals surface area contributed by atoms with Crippen LogP contribution < -0.4 is 4.90 Å². The molecule has 0 bridgehead atoms. The Morgan fingerprint density at radius 3 is 2.46 bits per heavy atom. The summed E-state index contributed by atoms with van der Waals surface area (Å²) in [4.78, 5) is 40.9. The predicted molar refractivity (Wildman–Crippen MR) is 95.5 cm³/mol. The molecule has 0 N–H and O–H groups in total. The van der Waals surface area contributed by atoms with Crippen molar-refractivity contribution in [2.45, 2.75) is 44.6 Å². The highest BCUT2D eigenvalue weighted by atomic mass is 16.6. The third-order valence-electron chi connectivity index (χ3n) is 5.95. The average molecular weight is 356 g/mol. The summed E-state index contributed by atoms with van der Waals surface area (Å²) in [5.74, 6) is -0.903. The van der Waals surface area contributed by atoms with E-state index in [1.54, 1.807) is 9.80 Å². The van der Waals surface area contributed by atoms with E-state index in [9.17, 15) is 14.4 Å². The minimum atomic E-state index is -0.620. The lowest BCUT2D eigenvalue weighted by atomic mass is 9.84. The Morgan fingerprint density at radius 1 is 1.12 bits per heavy atom. The highest BCUT2D eigenvalue weighted by Crippen LogP contribution is 2.46. The molecule has 1 aromatic carbocycles. The zero-order chi connectivity index (χ0) is 18.3. The summed E-state index contributed by atoms with van der Waals surface area (Å²) < 4.78 is 5.58. The van der Waals surface area contributed by atoms with Gasteiger partial charge in [-0.1, -0.05) is 17.7 Å². The van der Waals surface area contributed by atoms with Crippen LogP contribution in [-0.4, -0.2) is 47.9 Å². The predicted octanol–water partition coefficient (Wildman–Crippen LogP) is 2.05. The first-order valence-electron chi connectivity index (χ1n) is 9.36. The molecular weight excluding hydrogens is 332 g/mol. The smallest absolute Gasteiger partial charge is 0.307 e. The molecule has 138 valence electrons. The summed E-state index contributed by atoms with van der Waals surface area (Å²) >= 11 is 0. The van der Waals surface area contributed by atoms with Crippen LogP contribution >= 0.6 is 0 Å². The molecule has 1 spiro atoms. The van der Waals surface area contributed by atoms with Crippen LogP contribution in [0.5, 0.6) is 0 Å². The van der Waals surface area contributed by atoms with Crippen LogP contribution in [0.4, 0.5) is 5.69 Å². The number of piperazine rings is 1. The van der Waals surface area contributed by atoms with E-state index in [1.165, 1.54) is 0 Å². The van der Waals surface area contributed by atoms with Crippen LogP contribution in [0.2, 0.25) is 0 Å². The second kappa shape index (κ2) is 6.41. The van der Waals surface area contributed by atoms with E-state index in [-0.39, 0.29) is 30.7 Å². The lowest BCUT2D eigenvalue weighted by molar-refractivity contribution is -0.152. The van der Waals surface area contributed by atoms with Crippen molar-refractivity contribution < 1.29 is 19.1 Å².